The SMILES string of the molecule is COc1ccc(C(=O)Oc2ccc(/C=N\NC(=O)c3ccccc3-n3cccc3)cc2OC)cc1. The van der Waals surface area contributed by atoms with Gasteiger partial charge >= 0.3 is 5.97 Å². The Morgan fingerprint density at radius 1 is 0.857 bits per heavy atom. The number of esters is 1. The molecule has 4 aromatic rings. The van der Waals surface area contributed by atoms with Crippen LogP contribution >= 0.6 is 0 Å². The number of carbonyl (C=O) groups is 2. The van der Waals surface area contributed by atoms with Crippen molar-refractivity contribution in [1.82, 2.24) is 9.99 Å². The summed E-state index contributed by atoms with van der Waals surface area (Å²) in [5.74, 6) is 0.377. The molecule has 176 valence electrons. The van der Waals surface area contributed by atoms with Gasteiger partial charge in [-0.2, -0.15) is 5.10 Å². The first-order valence-electron chi connectivity index (χ1n) is 10.7. The van der Waals surface area contributed by atoms with E-state index in [1.165, 1.54) is 13.3 Å². The molecular formula is C27H23N3O5. The number of hydrogen-bond donors (Lipinski definition) is 1. The number of carbonyl (C=O) groups excluding carboxylic acids is 2. The topological polar surface area (TPSA) is 91.2 Å². The molecule has 0 saturated heterocycles. The number of methoxy groups -OCH3 is 2. The fourth-order valence-electron chi connectivity index (χ4n) is 3.35. The number of amides is 1. The lowest BCUT2D eigenvalue weighted by Crippen LogP contribution is -2.19. The van der Waals surface area contributed by atoms with Crippen molar-refractivity contribution in [3.8, 4) is 22.9 Å². The number of para-hydroxylation sites is 1. The molecule has 1 heterocycles. The number of rotatable bonds is 8. The Morgan fingerprint density at radius 3 is 2.31 bits per heavy atom. The van der Waals surface area contributed by atoms with Crippen molar-refractivity contribution in [3.63, 3.8) is 0 Å². The fourth-order valence-corrected chi connectivity index (χ4v) is 3.35. The molecule has 0 saturated carbocycles. The van der Waals surface area contributed by atoms with Gasteiger partial charge in [0.2, 0.25) is 0 Å². The van der Waals surface area contributed by atoms with Crippen LogP contribution in [0.3, 0.4) is 0 Å². The minimum absolute atomic E-state index is 0.259. The molecule has 0 aliphatic carbocycles. The quantitative estimate of drug-likeness (QED) is 0.178. The molecule has 1 N–H and O–H groups in total. The Bertz CT molecular complexity index is 1350. The molecule has 8 nitrogen and oxygen atoms in total. The summed E-state index contributed by atoms with van der Waals surface area (Å²) in [4.78, 5) is 25.2. The number of benzene rings is 3. The Balaban J connectivity index is 1.43. The van der Waals surface area contributed by atoms with Crippen LogP contribution in [0.15, 0.2) is 96.4 Å². The van der Waals surface area contributed by atoms with Gasteiger partial charge in [0.1, 0.15) is 5.75 Å². The van der Waals surface area contributed by atoms with E-state index in [9.17, 15) is 9.59 Å². The molecule has 0 aliphatic heterocycles. The average molecular weight is 469 g/mol. The number of nitrogens with one attached hydrogen (secondary N) is 1. The summed E-state index contributed by atoms with van der Waals surface area (Å²) in [5, 5.41) is 4.06. The Labute approximate surface area is 202 Å². The summed E-state index contributed by atoms with van der Waals surface area (Å²) in [6.45, 7) is 0. The van der Waals surface area contributed by atoms with Crippen LogP contribution < -0.4 is 19.6 Å². The second-order valence-corrected chi connectivity index (χ2v) is 7.33. The van der Waals surface area contributed by atoms with Crippen molar-refractivity contribution in [3.05, 3.63) is 108 Å². The summed E-state index contributed by atoms with van der Waals surface area (Å²) >= 11 is 0. The summed E-state index contributed by atoms with van der Waals surface area (Å²) in [6.07, 6.45) is 5.21. The van der Waals surface area contributed by atoms with Crippen LogP contribution in [-0.2, 0) is 0 Å². The highest BCUT2D eigenvalue weighted by Crippen LogP contribution is 2.28. The third-order valence-electron chi connectivity index (χ3n) is 5.13. The zero-order chi connectivity index (χ0) is 24.6. The van der Waals surface area contributed by atoms with Crippen LogP contribution in [0.5, 0.6) is 17.2 Å². The molecule has 0 spiro atoms. The molecular weight excluding hydrogens is 446 g/mol. The number of nitrogens with zero attached hydrogens (tertiary/aromatic N) is 2. The predicted octanol–water partition coefficient (Wildman–Crippen LogP) is 4.48. The normalized spacial score (nSPS) is 10.7. The first-order chi connectivity index (χ1) is 17.1. The second-order valence-electron chi connectivity index (χ2n) is 7.33. The first-order valence-corrected chi connectivity index (χ1v) is 10.7. The second kappa shape index (κ2) is 10.8. The third kappa shape index (κ3) is 5.56. The number of hydrogen-bond acceptors (Lipinski definition) is 6. The molecule has 1 aromatic heterocycles. The first kappa shape index (κ1) is 23.3. The third-order valence-corrected chi connectivity index (χ3v) is 5.13. The van der Waals surface area contributed by atoms with Crippen LogP contribution in [-0.4, -0.2) is 36.9 Å². The zero-order valence-corrected chi connectivity index (χ0v) is 19.2. The van der Waals surface area contributed by atoms with E-state index >= 15 is 0 Å². The van der Waals surface area contributed by atoms with Crippen LogP contribution in [0.25, 0.3) is 5.69 Å². The van der Waals surface area contributed by atoms with E-state index in [1.807, 2.05) is 41.2 Å². The van der Waals surface area contributed by atoms with E-state index in [1.54, 1.807) is 61.7 Å². The van der Waals surface area contributed by atoms with Gasteiger partial charge in [-0.15, -0.1) is 0 Å². The molecule has 0 radical (unpaired) electrons. The number of hydrazone groups is 1. The molecule has 0 bridgehead atoms. The Hall–Kier alpha value is -4.85. The van der Waals surface area contributed by atoms with Crippen molar-refractivity contribution < 1.29 is 23.8 Å². The van der Waals surface area contributed by atoms with Gasteiger partial charge in [-0.05, 0) is 72.3 Å². The van der Waals surface area contributed by atoms with E-state index < -0.39 is 5.97 Å². The van der Waals surface area contributed by atoms with Crippen molar-refractivity contribution in [2.45, 2.75) is 0 Å². The maximum atomic E-state index is 12.7. The predicted molar refractivity (Wildman–Crippen MR) is 132 cm³/mol. The average Bonchev–Trinajstić information content (AvgIpc) is 3.44. The van der Waals surface area contributed by atoms with E-state index in [4.69, 9.17) is 14.2 Å². The highest BCUT2D eigenvalue weighted by atomic mass is 16.6. The van der Waals surface area contributed by atoms with Gasteiger partial charge in [0.05, 0.1) is 37.2 Å². The minimum atomic E-state index is -0.527. The maximum absolute atomic E-state index is 12.7. The maximum Gasteiger partial charge on any atom is 0.343 e. The smallest absolute Gasteiger partial charge is 0.343 e. The molecule has 4 rings (SSSR count). The van der Waals surface area contributed by atoms with Crippen LogP contribution in [0.2, 0.25) is 0 Å². The zero-order valence-electron chi connectivity index (χ0n) is 19.2. The molecule has 0 fully saturated rings. The van der Waals surface area contributed by atoms with Gasteiger partial charge in [-0.1, -0.05) is 12.1 Å². The van der Waals surface area contributed by atoms with Crippen LogP contribution in [0.1, 0.15) is 26.3 Å². The molecule has 0 unspecified atom stereocenters. The van der Waals surface area contributed by atoms with Crippen molar-refractivity contribution in [2.24, 2.45) is 5.10 Å². The largest absolute Gasteiger partial charge is 0.497 e. The molecule has 3 aromatic carbocycles. The number of ether oxygens (including phenoxy) is 3. The highest BCUT2D eigenvalue weighted by molar-refractivity contribution is 5.98. The fraction of sp³-hybridized carbons (Fsp3) is 0.0741. The van der Waals surface area contributed by atoms with E-state index in [-0.39, 0.29) is 11.7 Å². The Morgan fingerprint density at radius 2 is 1.60 bits per heavy atom. The van der Waals surface area contributed by atoms with E-state index in [0.717, 1.165) is 5.69 Å². The summed E-state index contributed by atoms with van der Waals surface area (Å²) < 4.78 is 17.8. The molecule has 1 amide bonds. The molecule has 0 aliphatic rings. The lowest BCUT2D eigenvalue weighted by molar-refractivity contribution is 0.0729. The van der Waals surface area contributed by atoms with Gasteiger partial charge in [0.15, 0.2) is 11.5 Å². The summed E-state index contributed by atoms with van der Waals surface area (Å²) in [7, 11) is 3.03. The van der Waals surface area contributed by atoms with Gasteiger partial charge < -0.3 is 18.8 Å². The lowest BCUT2D eigenvalue weighted by Gasteiger charge is -2.10. The minimum Gasteiger partial charge on any atom is -0.497 e. The van der Waals surface area contributed by atoms with Crippen molar-refractivity contribution in [1.29, 1.82) is 0 Å². The number of aromatic nitrogens is 1. The van der Waals surface area contributed by atoms with Gasteiger partial charge in [0, 0.05) is 12.4 Å². The Kier molecular flexibility index (Phi) is 7.22. The lowest BCUT2D eigenvalue weighted by atomic mass is 10.1. The monoisotopic (exact) mass is 469 g/mol. The summed E-state index contributed by atoms with van der Waals surface area (Å²) in [5.41, 5.74) is 4.80. The van der Waals surface area contributed by atoms with Crippen LogP contribution in [0, 0.1) is 0 Å². The molecule has 0 atom stereocenters. The highest BCUT2D eigenvalue weighted by Gasteiger charge is 2.14. The molecule has 35 heavy (non-hydrogen) atoms. The summed E-state index contributed by atoms with van der Waals surface area (Å²) in [6, 6.07) is 22.6. The van der Waals surface area contributed by atoms with Crippen LogP contribution in [0.4, 0.5) is 0 Å². The van der Waals surface area contributed by atoms with Crippen molar-refractivity contribution in [2.75, 3.05) is 14.2 Å². The van der Waals surface area contributed by atoms with Gasteiger partial charge in [0.25, 0.3) is 5.91 Å². The molecule has 8 heteroatoms. The standard InChI is InChI=1S/C27H23N3O5/c1-33-21-12-10-20(11-13-21)27(32)35-24-14-9-19(17-25(24)34-2)18-28-29-26(31)22-7-3-4-8-23(22)30-15-5-6-16-30/h3-18H,1-2H3,(H,29,31)/b28-18-. The van der Waals surface area contributed by atoms with Gasteiger partial charge in [-0.25, -0.2) is 10.2 Å². The van der Waals surface area contributed by atoms with E-state index in [2.05, 4.69) is 10.5 Å². The van der Waals surface area contributed by atoms with Crippen molar-refractivity contribution >= 4 is 18.1 Å². The van der Waals surface area contributed by atoms with Gasteiger partial charge in [-0.3, -0.25) is 4.79 Å². The van der Waals surface area contributed by atoms with E-state index in [0.29, 0.717) is 28.2 Å².